The van der Waals surface area contributed by atoms with Gasteiger partial charge in [0.1, 0.15) is 54.5 Å². The van der Waals surface area contributed by atoms with Crippen molar-refractivity contribution in [3.05, 3.63) is 11.8 Å². The molecule has 0 bridgehead atoms. The van der Waals surface area contributed by atoms with Gasteiger partial charge in [0.25, 0.3) is 0 Å². The fraction of sp³-hybridized carbons (Fsp3) is 0.800. The smallest absolute Gasteiger partial charge is 0.726 e. The minimum absolute atomic E-state index is 0. The summed E-state index contributed by atoms with van der Waals surface area (Å²) in [6, 6.07) is -2.07. The van der Waals surface area contributed by atoms with E-state index in [2.05, 4.69) is 16.7 Å². The molecule has 2 rings (SSSR count). The number of carboxylic acid groups (broad SMARTS) is 1. The van der Waals surface area contributed by atoms with Crippen molar-refractivity contribution in [1.82, 2.24) is 5.32 Å². The number of aliphatic hydroxyl groups excluding tert-OH is 4. The number of carboxylic acids is 1. The van der Waals surface area contributed by atoms with Crippen LogP contribution in [0.5, 0.6) is 0 Å². The number of ether oxygens (including phenoxy) is 4. The molecule has 0 saturated carbocycles. The van der Waals surface area contributed by atoms with Gasteiger partial charge in [-0.05, 0) is 13.0 Å². The topological polar surface area (TPSA) is 453 Å². The molecule has 0 aliphatic carbocycles. The molecular weight excluding hydrogens is 929 g/mol. The van der Waals surface area contributed by atoms with Crippen molar-refractivity contribution in [2.24, 2.45) is 0 Å². The van der Waals surface area contributed by atoms with E-state index >= 15 is 0 Å². The number of carbonyl (C=O) groups is 2. The second-order valence-corrected chi connectivity index (χ2v) is 14.4. The van der Waals surface area contributed by atoms with E-state index < -0.39 is 146 Å². The van der Waals surface area contributed by atoms with Crippen LogP contribution in [0, 0.1) is 0 Å². The summed E-state index contributed by atoms with van der Waals surface area (Å²) < 4.78 is 172. The van der Waals surface area contributed by atoms with Crippen LogP contribution in [-0.2, 0) is 86.9 Å². The van der Waals surface area contributed by atoms with Crippen LogP contribution in [0.25, 0.3) is 0 Å². The maximum atomic E-state index is 11.8. The van der Waals surface area contributed by atoms with Crippen LogP contribution in [0.4, 0.5) is 0 Å². The quantitative estimate of drug-likeness (QED) is 0.0456. The van der Waals surface area contributed by atoms with Gasteiger partial charge in [-0.15, -0.1) is 0 Å². The molecule has 37 heteroatoms. The van der Waals surface area contributed by atoms with Gasteiger partial charge in [-0.2, -0.15) is 0 Å². The molecular formula is C20H28NNa5O27S4. The molecule has 0 aromatic carbocycles. The van der Waals surface area contributed by atoms with Crippen molar-refractivity contribution in [2.75, 3.05) is 13.2 Å². The minimum atomic E-state index is -6.00. The largest absolute Gasteiger partial charge is 1.00 e. The Kier molecular flexibility index (Phi) is 32.4. The van der Waals surface area contributed by atoms with Crippen molar-refractivity contribution < 1.29 is 270 Å². The van der Waals surface area contributed by atoms with Gasteiger partial charge in [0.05, 0.1) is 25.4 Å². The molecule has 12 atom stereocenters. The summed E-state index contributed by atoms with van der Waals surface area (Å²) in [4.78, 5) is 23.6. The van der Waals surface area contributed by atoms with E-state index in [1.54, 1.807) is 0 Å². The number of carbonyl (C=O) groups excluding carboxylic acids is 2. The zero-order valence-electron chi connectivity index (χ0n) is 30.7. The first-order valence-electron chi connectivity index (χ1n) is 13.5. The minimum Gasteiger partial charge on any atom is -0.726 e. The standard InChI is InChI=1S/C20H33NO27S4.5Na/c1-6-14(46-50(32,33)34)13(26)17(48-52(38,39)40)20(42-6)43-10-3-11(18(27)28)44-19(12(10)25)45-15(8(4-22)21-7(2)23)16(47-51(35,36)37)9(24)5-41-49(29,30)31;;;;;/h3,6,8-10,12-17,19-20,22,24-26H,4-5H2,1-2H3,(H,21,23)(H,27,28)(H,29,30,31)(H,32,33,34)(H,35,36,37)(H,38,39,40);;;;;/q;5*+1/p-5/t6-,8-,9+,10-,12+,13+,14+,15+,16-,17-,19-,20-;;;;;/m0...../s1. The van der Waals surface area contributed by atoms with E-state index in [9.17, 15) is 87.0 Å². The first-order valence-corrected chi connectivity index (χ1v) is 18.9. The Morgan fingerprint density at radius 3 is 1.75 bits per heavy atom. The average Bonchev–Trinajstić information content (AvgIpc) is 2.96. The molecule has 0 aromatic rings. The van der Waals surface area contributed by atoms with Gasteiger partial charge < -0.3 is 72.8 Å². The summed E-state index contributed by atoms with van der Waals surface area (Å²) in [7, 11) is -23.2. The first kappa shape index (κ1) is 66.3. The Hall–Kier alpha value is 2.68. The number of aliphatic hydroxyl groups is 4. The van der Waals surface area contributed by atoms with E-state index in [4.69, 9.17) is 18.9 Å². The summed E-state index contributed by atoms with van der Waals surface area (Å²) >= 11 is 0. The Morgan fingerprint density at radius 2 is 1.33 bits per heavy atom. The monoisotopic (exact) mass is 957 g/mol. The molecule has 0 radical (unpaired) electrons. The van der Waals surface area contributed by atoms with Gasteiger partial charge in [-0.3, -0.25) is 21.5 Å². The van der Waals surface area contributed by atoms with E-state index in [0.717, 1.165) is 13.8 Å². The number of amides is 1. The van der Waals surface area contributed by atoms with Crippen LogP contribution in [0.1, 0.15) is 13.8 Å². The summed E-state index contributed by atoms with van der Waals surface area (Å²) in [6.45, 7) is -1.35. The van der Waals surface area contributed by atoms with Crippen molar-refractivity contribution in [3.63, 3.8) is 0 Å². The van der Waals surface area contributed by atoms with Crippen molar-refractivity contribution in [3.8, 4) is 0 Å². The van der Waals surface area contributed by atoms with Crippen LogP contribution in [-0.4, -0.2) is 171 Å². The fourth-order valence-corrected chi connectivity index (χ4v) is 6.35. The number of nitrogens with one attached hydrogen (secondary N) is 1. The van der Waals surface area contributed by atoms with Crippen LogP contribution >= 0.6 is 0 Å². The van der Waals surface area contributed by atoms with Gasteiger partial charge >= 0.3 is 148 Å². The summed E-state index contributed by atoms with van der Waals surface area (Å²) in [5.74, 6) is -4.71. The third kappa shape index (κ3) is 23.4. The van der Waals surface area contributed by atoms with Crippen molar-refractivity contribution in [1.29, 1.82) is 0 Å². The fourth-order valence-electron chi connectivity index (χ4n) is 4.52. The van der Waals surface area contributed by atoms with Crippen LogP contribution in [0.3, 0.4) is 0 Å². The Bertz CT molecular complexity index is 1760. The van der Waals surface area contributed by atoms with Crippen molar-refractivity contribution in [2.45, 2.75) is 87.4 Å². The Morgan fingerprint density at radius 1 is 0.825 bits per heavy atom. The first-order chi connectivity index (χ1) is 23.5. The molecule has 2 aliphatic rings. The maximum absolute atomic E-state index is 11.8. The van der Waals surface area contributed by atoms with Gasteiger partial charge in [0.2, 0.25) is 53.8 Å². The maximum Gasteiger partial charge on any atom is 1.00 e. The molecule has 0 unspecified atom stereocenters. The van der Waals surface area contributed by atoms with Crippen molar-refractivity contribution >= 4 is 53.5 Å². The molecule has 0 spiro atoms. The predicted molar refractivity (Wildman–Crippen MR) is 144 cm³/mol. The molecule has 2 heterocycles. The third-order valence-electron chi connectivity index (χ3n) is 6.47. The van der Waals surface area contributed by atoms with E-state index in [1.165, 1.54) is 0 Å². The second kappa shape index (κ2) is 27.9. The van der Waals surface area contributed by atoms with Crippen LogP contribution in [0.2, 0.25) is 0 Å². The SMILES string of the molecule is CC(=O)N[C@@H](CO)[C@@H](O[C@@H]1OC(C(=O)[O-])=C[C@H](O[C@@H]2O[C@@H](C)[C@@H](OS(=O)(=O)[O-])[C@@H](O)[C@@H]2OS(=O)(=O)[O-])[C@H]1O)[C@@H](OS(=O)(=O)[O-])[C@H](O)COS(=O)(=O)[O-].[Na+].[Na+].[Na+].[Na+].[Na+]. The van der Waals surface area contributed by atoms with E-state index in [-0.39, 0.29) is 148 Å². The summed E-state index contributed by atoms with van der Waals surface area (Å²) in [5, 5.41) is 55.8. The van der Waals surface area contributed by atoms with E-state index in [0.29, 0.717) is 6.08 Å². The summed E-state index contributed by atoms with van der Waals surface area (Å²) in [5.41, 5.74) is 0. The van der Waals surface area contributed by atoms with Gasteiger partial charge in [0.15, 0.2) is 12.4 Å². The van der Waals surface area contributed by atoms with Crippen LogP contribution < -0.4 is 158 Å². The van der Waals surface area contributed by atoms with Gasteiger partial charge in [-0.1, -0.05) is 0 Å². The number of rotatable bonds is 19. The second-order valence-electron chi connectivity index (χ2n) is 10.4. The molecule has 1 fully saturated rings. The Labute approximate surface area is 435 Å². The Balaban J connectivity index is -0.00000281. The molecule has 304 valence electrons. The molecule has 1 saturated heterocycles. The third-order valence-corrected chi connectivity index (χ3v) is 8.26. The number of hydrogen-bond donors (Lipinski definition) is 5. The number of hydrogen-bond acceptors (Lipinski definition) is 27. The van der Waals surface area contributed by atoms with Gasteiger partial charge in [0, 0.05) is 6.92 Å². The summed E-state index contributed by atoms with van der Waals surface area (Å²) in [6.07, 6.45) is -27.0. The molecule has 0 aromatic heterocycles. The zero-order valence-corrected chi connectivity index (χ0v) is 44.0. The normalized spacial score (nSPS) is 27.3. The molecule has 28 nitrogen and oxygen atoms in total. The van der Waals surface area contributed by atoms with E-state index in [1.807, 2.05) is 5.32 Å². The average molecular weight is 958 g/mol. The molecule has 5 N–H and O–H groups in total. The molecule has 1 amide bonds. The zero-order chi connectivity index (χ0) is 40.1. The van der Waals surface area contributed by atoms with Crippen LogP contribution in [0.15, 0.2) is 11.8 Å². The van der Waals surface area contributed by atoms with Gasteiger partial charge in [-0.25, -0.2) is 33.7 Å². The molecule has 57 heavy (non-hydrogen) atoms. The number of aliphatic carboxylic acids is 1. The molecule has 2 aliphatic heterocycles. The predicted octanol–water partition coefficient (Wildman–Crippen LogP) is -23.9.